The van der Waals surface area contributed by atoms with Gasteiger partial charge in [0.05, 0.1) is 11.5 Å². The minimum Gasteiger partial charge on any atom is -0.266 e. The summed E-state index contributed by atoms with van der Waals surface area (Å²) in [6, 6.07) is 11.9. The fraction of sp³-hybridized carbons (Fsp3) is 0.333. The van der Waals surface area contributed by atoms with Gasteiger partial charge in [-0.05, 0) is 53.3 Å². The summed E-state index contributed by atoms with van der Waals surface area (Å²) in [6.07, 6.45) is 0.488. The van der Waals surface area contributed by atoms with Gasteiger partial charge in [-0.2, -0.15) is 8.42 Å². The molecule has 2 aromatic rings. The van der Waals surface area contributed by atoms with E-state index in [9.17, 15) is 8.42 Å². The molecule has 0 N–H and O–H groups in total. The lowest BCUT2D eigenvalue weighted by Crippen LogP contribution is -2.18. The van der Waals surface area contributed by atoms with E-state index in [0.717, 1.165) is 11.1 Å². The van der Waals surface area contributed by atoms with E-state index in [2.05, 4.69) is 0 Å². The molecule has 0 aliphatic rings. The number of halogens is 2. The SMILES string of the molecule is CC(C)(C)COS(=O)(=O)c1cccc(Cc2cc(Cl)ccc2Cl)c1. The first-order chi connectivity index (χ1) is 11.1. The van der Waals surface area contributed by atoms with Gasteiger partial charge in [0.15, 0.2) is 0 Å². The molecule has 0 saturated carbocycles. The van der Waals surface area contributed by atoms with Crippen molar-refractivity contribution in [2.45, 2.75) is 32.1 Å². The molecular formula is C18H20Cl2O3S. The molecule has 0 unspecified atom stereocenters. The minimum absolute atomic E-state index is 0.125. The van der Waals surface area contributed by atoms with Crippen LogP contribution in [0.15, 0.2) is 47.4 Å². The average molecular weight is 387 g/mol. The topological polar surface area (TPSA) is 43.4 Å². The smallest absolute Gasteiger partial charge is 0.266 e. The van der Waals surface area contributed by atoms with E-state index >= 15 is 0 Å². The van der Waals surface area contributed by atoms with E-state index in [1.807, 2.05) is 26.8 Å². The van der Waals surface area contributed by atoms with Gasteiger partial charge in [-0.3, -0.25) is 4.18 Å². The summed E-state index contributed by atoms with van der Waals surface area (Å²) >= 11 is 12.2. The lowest BCUT2D eigenvalue weighted by atomic mass is 9.99. The van der Waals surface area contributed by atoms with E-state index in [0.29, 0.717) is 16.5 Å². The molecule has 130 valence electrons. The summed E-state index contributed by atoms with van der Waals surface area (Å²) in [5.74, 6) is 0. The zero-order valence-corrected chi connectivity index (χ0v) is 16.2. The molecule has 0 bridgehead atoms. The van der Waals surface area contributed by atoms with E-state index in [1.54, 1.807) is 30.3 Å². The third-order valence-electron chi connectivity index (χ3n) is 3.24. The van der Waals surface area contributed by atoms with Crippen molar-refractivity contribution in [2.24, 2.45) is 5.41 Å². The fourth-order valence-corrected chi connectivity index (χ4v) is 3.60. The van der Waals surface area contributed by atoms with Crippen molar-refractivity contribution in [1.29, 1.82) is 0 Å². The molecule has 6 heteroatoms. The van der Waals surface area contributed by atoms with Crippen molar-refractivity contribution in [2.75, 3.05) is 6.61 Å². The van der Waals surface area contributed by atoms with E-state index in [4.69, 9.17) is 27.4 Å². The molecule has 0 amide bonds. The molecular weight excluding hydrogens is 367 g/mol. The van der Waals surface area contributed by atoms with Gasteiger partial charge >= 0.3 is 0 Å². The Morgan fingerprint density at radius 1 is 1.04 bits per heavy atom. The Hall–Kier alpha value is -1.07. The normalized spacial score (nSPS) is 12.4. The monoisotopic (exact) mass is 386 g/mol. The molecule has 3 nitrogen and oxygen atoms in total. The van der Waals surface area contributed by atoms with Crippen LogP contribution >= 0.6 is 23.2 Å². The molecule has 0 saturated heterocycles. The maximum atomic E-state index is 12.3. The van der Waals surface area contributed by atoms with Crippen LogP contribution in [0, 0.1) is 5.41 Å². The highest BCUT2D eigenvalue weighted by Crippen LogP contribution is 2.25. The van der Waals surface area contributed by atoms with Crippen molar-refractivity contribution in [3.05, 3.63) is 63.6 Å². The quantitative estimate of drug-likeness (QED) is 0.651. The van der Waals surface area contributed by atoms with E-state index in [-0.39, 0.29) is 16.9 Å². The Kier molecular flexibility index (Phi) is 5.97. The Bertz CT molecular complexity index is 824. The van der Waals surface area contributed by atoms with E-state index < -0.39 is 10.1 Å². The average Bonchev–Trinajstić information content (AvgIpc) is 2.49. The highest BCUT2D eigenvalue weighted by molar-refractivity contribution is 7.86. The Labute approximate surface area is 153 Å². The first-order valence-electron chi connectivity index (χ1n) is 7.49. The standard InChI is InChI=1S/C18H20Cl2O3S/c1-18(2,3)12-23-24(21,22)16-6-4-5-13(10-16)9-14-11-15(19)7-8-17(14)20/h4-8,10-11H,9,12H2,1-3H3. The third kappa shape index (κ3) is 5.49. The number of rotatable bonds is 5. The molecule has 2 aromatic carbocycles. The fourth-order valence-electron chi connectivity index (χ4n) is 2.03. The van der Waals surface area contributed by atoms with Crippen LogP contribution in [0.4, 0.5) is 0 Å². The molecule has 0 fully saturated rings. The zero-order valence-electron chi connectivity index (χ0n) is 13.8. The first kappa shape index (κ1) is 19.3. The zero-order chi connectivity index (χ0) is 18.0. The molecule has 0 aromatic heterocycles. The van der Waals surface area contributed by atoms with Crippen LogP contribution in [0.25, 0.3) is 0 Å². The highest BCUT2D eigenvalue weighted by atomic mass is 35.5. The summed E-state index contributed by atoms with van der Waals surface area (Å²) in [7, 11) is -3.79. The summed E-state index contributed by atoms with van der Waals surface area (Å²) in [4.78, 5) is 0.141. The minimum atomic E-state index is -3.79. The van der Waals surface area contributed by atoms with Gasteiger partial charge in [0, 0.05) is 10.0 Å². The van der Waals surface area contributed by atoms with Crippen LogP contribution in [0.2, 0.25) is 10.0 Å². The van der Waals surface area contributed by atoms with Gasteiger partial charge in [0.1, 0.15) is 0 Å². The Morgan fingerprint density at radius 3 is 2.42 bits per heavy atom. The molecule has 0 atom stereocenters. The van der Waals surface area contributed by atoms with Gasteiger partial charge in [-0.1, -0.05) is 56.1 Å². The second-order valence-electron chi connectivity index (χ2n) is 6.84. The number of hydrogen-bond donors (Lipinski definition) is 0. The summed E-state index contributed by atoms with van der Waals surface area (Å²) in [5, 5.41) is 1.18. The lowest BCUT2D eigenvalue weighted by molar-refractivity contribution is 0.203. The Morgan fingerprint density at radius 2 is 1.75 bits per heavy atom. The molecule has 0 aliphatic heterocycles. The van der Waals surface area contributed by atoms with Crippen molar-refractivity contribution in [1.82, 2.24) is 0 Å². The van der Waals surface area contributed by atoms with Crippen LogP contribution in [-0.4, -0.2) is 15.0 Å². The van der Waals surface area contributed by atoms with Crippen molar-refractivity contribution in [3.63, 3.8) is 0 Å². The molecule has 2 rings (SSSR count). The summed E-state index contributed by atoms with van der Waals surface area (Å²) in [5.41, 5.74) is 1.42. The van der Waals surface area contributed by atoms with Gasteiger partial charge in [-0.15, -0.1) is 0 Å². The molecule has 0 spiro atoms. The molecule has 0 aliphatic carbocycles. The first-order valence-corrected chi connectivity index (χ1v) is 9.66. The Balaban J connectivity index is 2.24. The maximum Gasteiger partial charge on any atom is 0.297 e. The van der Waals surface area contributed by atoms with Gasteiger partial charge in [0.2, 0.25) is 0 Å². The van der Waals surface area contributed by atoms with Gasteiger partial charge in [-0.25, -0.2) is 0 Å². The second kappa shape index (κ2) is 7.44. The second-order valence-corrected chi connectivity index (χ2v) is 9.30. The van der Waals surface area contributed by atoms with Crippen LogP contribution in [0.5, 0.6) is 0 Å². The third-order valence-corrected chi connectivity index (χ3v) is 5.10. The largest absolute Gasteiger partial charge is 0.297 e. The van der Waals surface area contributed by atoms with Gasteiger partial charge in [0.25, 0.3) is 10.1 Å². The van der Waals surface area contributed by atoms with Crippen LogP contribution in [0.3, 0.4) is 0 Å². The summed E-state index contributed by atoms with van der Waals surface area (Å²) < 4.78 is 29.8. The highest BCUT2D eigenvalue weighted by Gasteiger charge is 2.20. The van der Waals surface area contributed by atoms with Crippen molar-refractivity contribution in [3.8, 4) is 0 Å². The molecule has 0 radical (unpaired) electrons. The molecule has 0 heterocycles. The van der Waals surface area contributed by atoms with Crippen LogP contribution in [0.1, 0.15) is 31.9 Å². The lowest BCUT2D eigenvalue weighted by Gasteiger charge is -2.17. The molecule has 24 heavy (non-hydrogen) atoms. The van der Waals surface area contributed by atoms with E-state index in [1.165, 1.54) is 6.07 Å². The van der Waals surface area contributed by atoms with Crippen molar-refractivity contribution >= 4 is 33.3 Å². The summed E-state index contributed by atoms with van der Waals surface area (Å²) in [6.45, 7) is 5.87. The van der Waals surface area contributed by atoms with Crippen molar-refractivity contribution < 1.29 is 12.6 Å². The van der Waals surface area contributed by atoms with Crippen LogP contribution < -0.4 is 0 Å². The van der Waals surface area contributed by atoms with Gasteiger partial charge < -0.3 is 0 Å². The number of hydrogen-bond acceptors (Lipinski definition) is 3. The number of benzene rings is 2. The maximum absolute atomic E-state index is 12.3. The predicted molar refractivity (Wildman–Crippen MR) is 98.3 cm³/mol. The van der Waals surface area contributed by atoms with Crippen LogP contribution in [-0.2, 0) is 20.7 Å². The predicted octanol–water partition coefficient (Wildman–Crippen LogP) is 5.34.